The van der Waals surface area contributed by atoms with Gasteiger partial charge in [-0.25, -0.2) is 0 Å². The predicted octanol–water partition coefficient (Wildman–Crippen LogP) is 6.31. The third kappa shape index (κ3) is 6.61. The highest BCUT2D eigenvalue weighted by atomic mass is 19.4. The van der Waals surface area contributed by atoms with Gasteiger partial charge < -0.3 is 10.1 Å². The van der Waals surface area contributed by atoms with Gasteiger partial charge in [-0.05, 0) is 42.7 Å². The molecule has 1 aliphatic heterocycles. The maximum Gasteiger partial charge on any atom is 0.416 e. The molecule has 1 aliphatic rings. The summed E-state index contributed by atoms with van der Waals surface area (Å²) in [7, 11) is 0. The van der Waals surface area contributed by atoms with Gasteiger partial charge in [0.1, 0.15) is 0 Å². The van der Waals surface area contributed by atoms with Crippen molar-refractivity contribution in [2.45, 2.75) is 49.3 Å². The lowest BCUT2D eigenvalue weighted by Crippen LogP contribution is -2.55. The highest BCUT2D eigenvalue weighted by Crippen LogP contribution is 2.38. The first-order valence-electron chi connectivity index (χ1n) is 11.5. The Morgan fingerprint density at radius 1 is 1.03 bits per heavy atom. The highest BCUT2D eigenvalue weighted by molar-refractivity contribution is 5.80. The van der Waals surface area contributed by atoms with Crippen LogP contribution < -0.4 is 10.6 Å². The second-order valence-electron chi connectivity index (χ2n) is 9.10. The largest absolute Gasteiger partial charge is 0.416 e. The number of halogens is 6. The Morgan fingerprint density at radius 3 is 2.08 bits per heavy atom. The number of amides is 1. The quantitative estimate of drug-likeness (QED) is 0.282. The Kier molecular flexibility index (Phi) is 8.24. The predicted molar refractivity (Wildman–Crippen MR) is 127 cm³/mol. The van der Waals surface area contributed by atoms with E-state index in [9.17, 15) is 31.1 Å². The van der Waals surface area contributed by atoms with E-state index in [-0.39, 0.29) is 30.7 Å². The van der Waals surface area contributed by atoms with E-state index < -0.39 is 40.7 Å². The molecule has 1 fully saturated rings. The molecule has 10 heteroatoms. The summed E-state index contributed by atoms with van der Waals surface area (Å²) in [5.41, 5.74) is -4.18. The van der Waals surface area contributed by atoms with Crippen molar-refractivity contribution in [1.29, 1.82) is 0 Å². The van der Waals surface area contributed by atoms with Gasteiger partial charge >= 0.3 is 12.4 Å². The maximum atomic E-state index is 13.3. The molecule has 0 spiro atoms. The van der Waals surface area contributed by atoms with Gasteiger partial charge in [0.15, 0.2) is 0 Å². The van der Waals surface area contributed by atoms with E-state index in [0.717, 1.165) is 0 Å². The van der Waals surface area contributed by atoms with Gasteiger partial charge in [-0.3, -0.25) is 10.1 Å². The van der Waals surface area contributed by atoms with Crippen molar-refractivity contribution < 1.29 is 35.9 Å². The zero-order valence-corrected chi connectivity index (χ0v) is 20.2. The standard InChI is InChI=1S/C27H28F6N2O2/c1-4-24(12-11-23(36)35-24)16-34-25(5-2,20-9-7-6-8-10-20)17-37-18(3)19-13-21(26(28,29)30)15-22(14-19)27(31,32)33/h4-10,13-15,18,34H,1-2,11-12,16-17H2,3H3,(H,35,36)/t18-,24+,25-/m1/s1. The molecule has 1 amide bonds. The molecule has 2 N–H and O–H groups in total. The maximum absolute atomic E-state index is 13.3. The number of carbonyl (C=O) groups excluding carboxylic acids is 1. The molecule has 4 nitrogen and oxygen atoms in total. The van der Waals surface area contributed by atoms with Gasteiger partial charge in [0.2, 0.25) is 5.91 Å². The van der Waals surface area contributed by atoms with Gasteiger partial charge in [-0.15, -0.1) is 13.2 Å². The van der Waals surface area contributed by atoms with Gasteiger partial charge in [0, 0.05) is 13.0 Å². The Hall–Kier alpha value is -3.11. The minimum atomic E-state index is -4.96. The van der Waals surface area contributed by atoms with E-state index in [0.29, 0.717) is 30.5 Å². The molecule has 0 bridgehead atoms. The SMILES string of the molecule is C=C[C@@]1(CN[C@](C=C)(CO[C@H](C)c2cc(C(F)(F)F)cc(C(F)(F)F)c2)c2ccccc2)CCC(=O)N1. The molecule has 37 heavy (non-hydrogen) atoms. The average Bonchev–Trinajstić information content (AvgIpc) is 3.24. The zero-order valence-electron chi connectivity index (χ0n) is 20.2. The Balaban J connectivity index is 1.91. The number of benzene rings is 2. The van der Waals surface area contributed by atoms with Crippen LogP contribution in [0.3, 0.4) is 0 Å². The van der Waals surface area contributed by atoms with Crippen LogP contribution in [0.4, 0.5) is 26.3 Å². The summed E-state index contributed by atoms with van der Waals surface area (Å²) in [5.74, 6) is -0.125. The Bertz CT molecular complexity index is 1100. The van der Waals surface area contributed by atoms with Crippen molar-refractivity contribution >= 4 is 5.91 Å². The van der Waals surface area contributed by atoms with Crippen molar-refractivity contribution in [1.82, 2.24) is 10.6 Å². The van der Waals surface area contributed by atoms with Crippen molar-refractivity contribution in [2.24, 2.45) is 0 Å². The molecule has 2 aromatic carbocycles. The van der Waals surface area contributed by atoms with Gasteiger partial charge in [0.05, 0.1) is 34.9 Å². The molecule has 0 aromatic heterocycles. The highest BCUT2D eigenvalue weighted by Gasteiger charge is 2.40. The molecular weight excluding hydrogens is 498 g/mol. The summed E-state index contributed by atoms with van der Waals surface area (Å²) < 4.78 is 85.9. The lowest BCUT2D eigenvalue weighted by atomic mass is 9.88. The second kappa shape index (κ2) is 10.7. The van der Waals surface area contributed by atoms with Crippen molar-refractivity contribution in [3.63, 3.8) is 0 Å². The molecule has 0 aliphatic carbocycles. The molecule has 2 aromatic rings. The summed E-state index contributed by atoms with van der Waals surface area (Å²) in [6, 6.07) is 10.3. The minimum absolute atomic E-state index is 0.0837. The Labute approximate surface area is 211 Å². The lowest BCUT2D eigenvalue weighted by molar-refractivity contribution is -0.143. The van der Waals surface area contributed by atoms with E-state index in [4.69, 9.17) is 4.74 Å². The van der Waals surface area contributed by atoms with Crippen LogP contribution in [0.2, 0.25) is 0 Å². The molecule has 0 radical (unpaired) electrons. The van der Waals surface area contributed by atoms with E-state index in [2.05, 4.69) is 23.8 Å². The normalized spacial score (nSPS) is 20.7. The minimum Gasteiger partial charge on any atom is -0.371 e. The monoisotopic (exact) mass is 526 g/mol. The second-order valence-corrected chi connectivity index (χ2v) is 9.10. The molecule has 3 atom stereocenters. The number of hydrogen-bond donors (Lipinski definition) is 2. The van der Waals surface area contributed by atoms with Crippen LogP contribution in [0, 0.1) is 0 Å². The zero-order chi connectivity index (χ0) is 27.5. The van der Waals surface area contributed by atoms with Crippen LogP contribution in [0.25, 0.3) is 0 Å². The number of nitrogens with one attached hydrogen (secondary N) is 2. The van der Waals surface area contributed by atoms with Crippen LogP contribution in [-0.2, 0) is 27.4 Å². The fourth-order valence-corrected chi connectivity index (χ4v) is 4.20. The lowest BCUT2D eigenvalue weighted by Gasteiger charge is -2.37. The number of carbonyl (C=O) groups is 1. The third-order valence-corrected chi connectivity index (χ3v) is 6.57. The van der Waals surface area contributed by atoms with Crippen molar-refractivity contribution in [2.75, 3.05) is 13.2 Å². The first-order chi connectivity index (χ1) is 17.2. The van der Waals surface area contributed by atoms with Crippen LogP contribution in [0.15, 0.2) is 73.8 Å². The summed E-state index contributed by atoms with van der Waals surface area (Å²) in [4.78, 5) is 11.9. The van der Waals surface area contributed by atoms with Crippen LogP contribution in [0.5, 0.6) is 0 Å². The number of hydrogen-bond acceptors (Lipinski definition) is 3. The molecule has 0 saturated carbocycles. The fraction of sp³-hybridized carbons (Fsp3) is 0.370. The molecule has 1 saturated heterocycles. The number of ether oxygens (including phenoxy) is 1. The summed E-state index contributed by atoms with van der Waals surface area (Å²) in [6.07, 6.45) is -7.01. The Morgan fingerprint density at radius 2 is 1.62 bits per heavy atom. The van der Waals surface area contributed by atoms with E-state index in [1.807, 2.05) is 0 Å². The smallest absolute Gasteiger partial charge is 0.371 e. The molecular formula is C27H28F6N2O2. The third-order valence-electron chi connectivity index (χ3n) is 6.57. The van der Waals surface area contributed by atoms with Crippen molar-refractivity contribution in [3.05, 3.63) is 96.1 Å². The van der Waals surface area contributed by atoms with E-state index in [1.165, 1.54) is 6.92 Å². The van der Waals surface area contributed by atoms with E-state index in [1.54, 1.807) is 42.5 Å². The summed E-state index contributed by atoms with van der Waals surface area (Å²) >= 11 is 0. The van der Waals surface area contributed by atoms with Crippen LogP contribution >= 0.6 is 0 Å². The van der Waals surface area contributed by atoms with E-state index >= 15 is 0 Å². The first kappa shape index (κ1) is 28.5. The van der Waals surface area contributed by atoms with Crippen molar-refractivity contribution in [3.8, 4) is 0 Å². The van der Waals surface area contributed by atoms with Crippen LogP contribution in [0.1, 0.15) is 48.1 Å². The van der Waals surface area contributed by atoms with Crippen LogP contribution in [-0.4, -0.2) is 24.6 Å². The number of alkyl halides is 6. The van der Waals surface area contributed by atoms with Gasteiger partial charge in [0.25, 0.3) is 0 Å². The molecule has 1 heterocycles. The molecule has 3 rings (SSSR count). The van der Waals surface area contributed by atoms with Gasteiger partial charge in [-0.1, -0.05) is 42.5 Å². The topological polar surface area (TPSA) is 50.4 Å². The summed E-state index contributed by atoms with van der Waals surface area (Å²) in [6.45, 7) is 9.19. The molecule has 200 valence electrons. The molecule has 0 unspecified atom stereocenters. The van der Waals surface area contributed by atoms with Gasteiger partial charge in [-0.2, -0.15) is 26.3 Å². The average molecular weight is 527 g/mol. The first-order valence-corrected chi connectivity index (χ1v) is 11.5. The fourth-order valence-electron chi connectivity index (χ4n) is 4.20. The number of rotatable bonds is 10. The summed E-state index contributed by atoms with van der Waals surface area (Å²) in [5, 5.41) is 6.23.